The summed E-state index contributed by atoms with van der Waals surface area (Å²) < 4.78 is 1.94. The first-order chi connectivity index (χ1) is 14.5. The van der Waals surface area contributed by atoms with E-state index in [1.54, 1.807) is 18.3 Å². The van der Waals surface area contributed by atoms with E-state index in [0.29, 0.717) is 22.2 Å². The van der Waals surface area contributed by atoms with Gasteiger partial charge in [0.2, 0.25) is 0 Å². The standard InChI is InChI=1S/C24H27ClN4O/c1-16(2)17-6-8-21(9-7-17)29-23(18-10-12-26-13-11-18)22(15-27-29)24(30)28-20-5-3-4-19(25)14-20/h3-9,14-16,18,26H,10-13H2,1-2H3,(H,28,30). The fourth-order valence-corrected chi connectivity index (χ4v) is 4.18. The molecule has 0 unspecified atom stereocenters. The molecule has 3 aromatic rings. The van der Waals surface area contributed by atoms with Crippen molar-refractivity contribution in [3.05, 3.63) is 76.6 Å². The SMILES string of the molecule is CC(C)c1ccc(-n2ncc(C(=O)Nc3cccc(Cl)c3)c2C2CCNCC2)cc1. The van der Waals surface area contributed by atoms with Crippen LogP contribution in [0.3, 0.4) is 0 Å². The number of benzene rings is 2. The summed E-state index contributed by atoms with van der Waals surface area (Å²) in [5, 5.41) is 11.6. The van der Waals surface area contributed by atoms with E-state index in [1.807, 2.05) is 16.8 Å². The van der Waals surface area contributed by atoms with Crippen molar-refractivity contribution in [2.75, 3.05) is 18.4 Å². The van der Waals surface area contributed by atoms with Gasteiger partial charge in [0.05, 0.1) is 23.1 Å². The lowest BCUT2D eigenvalue weighted by Gasteiger charge is -2.25. The molecule has 0 bridgehead atoms. The van der Waals surface area contributed by atoms with Crippen LogP contribution in [-0.2, 0) is 0 Å². The van der Waals surface area contributed by atoms with Crippen LogP contribution in [-0.4, -0.2) is 28.8 Å². The van der Waals surface area contributed by atoms with Crippen LogP contribution in [0.15, 0.2) is 54.7 Å². The first-order valence-electron chi connectivity index (χ1n) is 10.5. The van der Waals surface area contributed by atoms with Crippen LogP contribution in [0, 0.1) is 0 Å². The average Bonchev–Trinajstić information content (AvgIpc) is 3.20. The highest BCUT2D eigenvalue weighted by atomic mass is 35.5. The number of amides is 1. The minimum absolute atomic E-state index is 0.157. The third kappa shape index (κ3) is 4.42. The maximum atomic E-state index is 13.2. The van der Waals surface area contributed by atoms with Crippen LogP contribution in [0.25, 0.3) is 5.69 Å². The summed E-state index contributed by atoms with van der Waals surface area (Å²) in [6.07, 6.45) is 3.65. The molecule has 1 amide bonds. The van der Waals surface area contributed by atoms with Crippen LogP contribution in [0.1, 0.15) is 60.1 Å². The van der Waals surface area contributed by atoms with E-state index in [0.717, 1.165) is 37.3 Å². The molecule has 5 nitrogen and oxygen atoms in total. The van der Waals surface area contributed by atoms with Crippen LogP contribution in [0.4, 0.5) is 5.69 Å². The van der Waals surface area contributed by atoms with Crippen LogP contribution >= 0.6 is 11.6 Å². The van der Waals surface area contributed by atoms with Crippen LogP contribution in [0.2, 0.25) is 5.02 Å². The Hall–Kier alpha value is -2.63. The summed E-state index contributed by atoms with van der Waals surface area (Å²) in [4.78, 5) is 13.2. The molecule has 0 spiro atoms. The molecule has 1 saturated heterocycles. The molecule has 4 rings (SSSR count). The number of anilines is 1. The summed E-state index contributed by atoms with van der Waals surface area (Å²) in [6.45, 7) is 6.25. The van der Waals surface area contributed by atoms with E-state index in [1.165, 1.54) is 5.56 Å². The molecule has 1 fully saturated rings. The predicted molar refractivity (Wildman–Crippen MR) is 122 cm³/mol. The third-order valence-corrected chi connectivity index (χ3v) is 5.90. The number of piperidine rings is 1. The summed E-state index contributed by atoms with van der Waals surface area (Å²) in [6, 6.07) is 15.7. The van der Waals surface area contributed by atoms with Crippen molar-refractivity contribution in [1.82, 2.24) is 15.1 Å². The number of aromatic nitrogens is 2. The van der Waals surface area contributed by atoms with Gasteiger partial charge in [-0.3, -0.25) is 4.79 Å². The van der Waals surface area contributed by atoms with Crippen molar-refractivity contribution in [3.8, 4) is 5.69 Å². The maximum absolute atomic E-state index is 13.2. The number of nitrogens with zero attached hydrogens (tertiary/aromatic N) is 2. The summed E-state index contributed by atoms with van der Waals surface area (Å²) in [5.41, 5.74) is 4.55. The molecule has 156 valence electrons. The molecule has 0 aliphatic carbocycles. The van der Waals surface area contributed by atoms with Crippen molar-refractivity contribution in [2.45, 2.75) is 38.5 Å². The van der Waals surface area contributed by atoms with Crippen molar-refractivity contribution < 1.29 is 4.79 Å². The molecule has 1 aliphatic rings. The zero-order valence-corrected chi connectivity index (χ0v) is 18.1. The molecule has 2 N–H and O–H groups in total. The van der Waals surface area contributed by atoms with Gasteiger partial charge in [-0.05, 0) is 67.7 Å². The lowest BCUT2D eigenvalue weighted by atomic mass is 9.91. The molecule has 0 radical (unpaired) electrons. The Bertz CT molecular complexity index is 1020. The van der Waals surface area contributed by atoms with E-state index < -0.39 is 0 Å². The van der Waals surface area contributed by atoms with E-state index in [9.17, 15) is 4.79 Å². The Morgan fingerprint density at radius 2 is 1.90 bits per heavy atom. The largest absolute Gasteiger partial charge is 0.322 e. The molecule has 2 heterocycles. The molecule has 30 heavy (non-hydrogen) atoms. The zero-order valence-electron chi connectivity index (χ0n) is 17.4. The number of carbonyl (C=O) groups is 1. The maximum Gasteiger partial charge on any atom is 0.259 e. The molecule has 1 aliphatic heterocycles. The highest BCUT2D eigenvalue weighted by molar-refractivity contribution is 6.31. The number of carbonyl (C=O) groups excluding carboxylic acids is 1. The summed E-state index contributed by atoms with van der Waals surface area (Å²) in [7, 11) is 0. The van der Waals surface area contributed by atoms with Crippen LogP contribution in [0.5, 0.6) is 0 Å². The minimum atomic E-state index is -0.157. The van der Waals surface area contributed by atoms with Gasteiger partial charge in [0.25, 0.3) is 5.91 Å². The van der Waals surface area contributed by atoms with Crippen molar-refractivity contribution in [3.63, 3.8) is 0 Å². The lowest BCUT2D eigenvalue weighted by Crippen LogP contribution is -2.29. The van der Waals surface area contributed by atoms with Crippen molar-refractivity contribution in [1.29, 1.82) is 0 Å². The minimum Gasteiger partial charge on any atom is -0.322 e. The Balaban J connectivity index is 1.70. The molecule has 6 heteroatoms. The van der Waals surface area contributed by atoms with Crippen molar-refractivity contribution >= 4 is 23.2 Å². The van der Waals surface area contributed by atoms with Crippen molar-refractivity contribution in [2.24, 2.45) is 0 Å². The molecule has 1 aromatic heterocycles. The van der Waals surface area contributed by atoms with Crippen LogP contribution < -0.4 is 10.6 Å². The van der Waals surface area contributed by atoms with Gasteiger partial charge in [-0.2, -0.15) is 5.10 Å². The quantitative estimate of drug-likeness (QED) is 0.581. The van der Waals surface area contributed by atoms with E-state index in [2.05, 4.69) is 53.8 Å². The topological polar surface area (TPSA) is 59.0 Å². The second-order valence-corrected chi connectivity index (χ2v) is 8.53. The smallest absolute Gasteiger partial charge is 0.259 e. The first-order valence-corrected chi connectivity index (χ1v) is 10.9. The molecular formula is C24H27ClN4O. The monoisotopic (exact) mass is 422 g/mol. The second kappa shape index (κ2) is 9.02. The highest BCUT2D eigenvalue weighted by Gasteiger charge is 2.27. The Kier molecular flexibility index (Phi) is 6.21. The Morgan fingerprint density at radius 3 is 2.57 bits per heavy atom. The van der Waals surface area contributed by atoms with Gasteiger partial charge >= 0.3 is 0 Å². The number of hydrogen-bond donors (Lipinski definition) is 2. The average molecular weight is 423 g/mol. The van der Waals surface area contributed by atoms with Gasteiger partial charge < -0.3 is 10.6 Å². The molecule has 0 saturated carbocycles. The fraction of sp³-hybridized carbons (Fsp3) is 0.333. The summed E-state index contributed by atoms with van der Waals surface area (Å²) >= 11 is 6.07. The zero-order chi connectivity index (χ0) is 21.1. The van der Waals surface area contributed by atoms with E-state index in [4.69, 9.17) is 11.6 Å². The number of nitrogens with one attached hydrogen (secondary N) is 2. The van der Waals surface area contributed by atoms with Gasteiger partial charge in [-0.25, -0.2) is 4.68 Å². The van der Waals surface area contributed by atoms with Gasteiger partial charge in [0.15, 0.2) is 0 Å². The van der Waals surface area contributed by atoms with Gasteiger partial charge in [-0.1, -0.05) is 43.6 Å². The molecule has 2 aromatic carbocycles. The number of rotatable bonds is 5. The fourth-order valence-electron chi connectivity index (χ4n) is 3.99. The molecule has 0 atom stereocenters. The van der Waals surface area contributed by atoms with Gasteiger partial charge in [-0.15, -0.1) is 0 Å². The highest BCUT2D eigenvalue weighted by Crippen LogP contribution is 2.31. The Labute approximate surface area is 182 Å². The predicted octanol–water partition coefficient (Wildman–Crippen LogP) is 5.37. The summed E-state index contributed by atoms with van der Waals surface area (Å²) in [5.74, 6) is 0.592. The van der Waals surface area contributed by atoms with E-state index >= 15 is 0 Å². The molecular weight excluding hydrogens is 396 g/mol. The first kappa shape index (κ1) is 20.6. The van der Waals surface area contributed by atoms with Gasteiger partial charge in [0, 0.05) is 16.6 Å². The lowest BCUT2D eigenvalue weighted by molar-refractivity contribution is 0.102. The Morgan fingerprint density at radius 1 is 1.17 bits per heavy atom. The van der Waals surface area contributed by atoms with E-state index in [-0.39, 0.29) is 11.8 Å². The number of halogens is 1. The normalized spacial score (nSPS) is 14.8. The third-order valence-electron chi connectivity index (χ3n) is 5.66. The van der Waals surface area contributed by atoms with Gasteiger partial charge in [0.1, 0.15) is 0 Å². The second-order valence-electron chi connectivity index (χ2n) is 8.09. The number of hydrogen-bond acceptors (Lipinski definition) is 3.